The van der Waals surface area contributed by atoms with Gasteiger partial charge in [0.15, 0.2) is 0 Å². The van der Waals surface area contributed by atoms with Crippen molar-refractivity contribution >= 4 is 47.3 Å². The number of amides is 8. The minimum atomic E-state index is -0.905. The van der Waals surface area contributed by atoms with Gasteiger partial charge in [-0.05, 0) is 151 Å². The summed E-state index contributed by atoms with van der Waals surface area (Å²) in [5, 5.41) is 24.6. The van der Waals surface area contributed by atoms with E-state index in [1.807, 2.05) is 36.4 Å². The molecule has 9 rings (SSSR count). The Bertz CT molecular complexity index is 2510. The van der Waals surface area contributed by atoms with Crippen LogP contribution in [0, 0.1) is 11.8 Å². The van der Waals surface area contributed by atoms with Crippen molar-refractivity contribution < 1.29 is 38.4 Å². The first-order chi connectivity index (χ1) is 37.7. The van der Waals surface area contributed by atoms with E-state index < -0.39 is 60.1 Å². The molecule has 0 bridgehead atoms. The highest BCUT2D eigenvalue weighted by molar-refractivity contribution is 5.99. The molecule has 18 heteroatoms. The monoisotopic (exact) mass is 1070 g/mol. The third kappa shape index (κ3) is 12.8. The van der Waals surface area contributed by atoms with Gasteiger partial charge in [0.2, 0.25) is 35.4 Å². The lowest BCUT2D eigenvalue weighted by Crippen LogP contribution is -2.58. The van der Waals surface area contributed by atoms with Gasteiger partial charge in [-0.3, -0.25) is 38.4 Å². The SMILES string of the molecule is CN[C@@H](C)C(=O)N[C@H](C(=O)N1C[C@@H](NC(=O)c2ccc(C(=O)N[C@H]3C[C@@H](C(=O)N[C@H]4CCc5ccccc54)N(C(=O)[C@@H](NC(=O)[C@H](C)NC)C4CCCCC4)C3)cc2)C[C@H]1C(=O)N[C@H]1CCc2ccccc21)C1CCCCC1. The molecule has 78 heavy (non-hydrogen) atoms. The van der Waals surface area contributed by atoms with E-state index in [-0.39, 0.29) is 96.4 Å². The summed E-state index contributed by atoms with van der Waals surface area (Å²) in [5.74, 6) is -3.00. The molecule has 2 saturated heterocycles. The fourth-order valence-electron chi connectivity index (χ4n) is 13.0. The van der Waals surface area contributed by atoms with E-state index in [0.717, 1.165) is 101 Å². The Morgan fingerprint density at radius 1 is 0.474 bits per heavy atom. The lowest BCUT2D eigenvalue weighted by molar-refractivity contribution is -0.143. The van der Waals surface area contributed by atoms with Crippen molar-refractivity contribution in [2.75, 3.05) is 27.2 Å². The number of fused-ring (bicyclic) bond motifs is 2. The Morgan fingerprint density at radius 2 is 0.846 bits per heavy atom. The summed E-state index contributed by atoms with van der Waals surface area (Å²) < 4.78 is 0. The first-order valence-corrected chi connectivity index (χ1v) is 28.8. The number of hydrogen-bond acceptors (Lipinski definition) is 10. The summed E-state index contributed by atoms with van der Waals surface area (Å²) in [6, 6.07) is 16.0. The summed E-state index contributed by atoms with van der Waals surface area (Å²) in [4.78, 5) is 116. The zero-order valence-corrected chi connectivity index (χ0v) is 45.7. The third-order valence-electron chi connectivity index (χ3n) is 17.8. The highest BCUT2D eigenvalue weighted by atomic mass is 16.2. The molecule has 18 nitrogen and oxygen atoms in total. The van der Waals surface area contributed by atoms with Crippen molar-refractivity contribution in [2.45, 2.75) is 177 Å². The van der Waals surface area contributed by atoms with E-state index in [1.165, 1.54) is 11.1 Å². The molecule has 2 saturated carbocycles. The van der Waals surface area contributed by atoms with E-state index in [0.29, 0.717) is 0 Å². The first-order valence-electron chi connectivity index (χ1n) is 28.8. The lowest BCUT2D eigenvalue weighted by atomic mass is 9.83. The van der Waals surface area contributed by atoms with Crippen LogP contribution >= 0.6 is 0 Å². The summed E-state index contributed by atoms with van der Waals surface area (Å²) >= 11 is 0. The van der Waals surface area contributed by atoms with Crippen LogP contribution in [0.15, 0.2) is 72.8 Å². The summed E-state index contributed by atoms with van der Waals surface area (Å²) in [5.41, 5.74) is 4.98. The highest BCUT2D eigenvalue weighted by Crippen LogP contribution is 2.35. The number of rotatable bonds is 18. The molecular formula is C60H80N10O8. The smallest absolute Gasteiger partial charge is 0.251 e. The molecule has 0 radical (unpaired) electrons. The molecule has 4 aliphatic carbocycles. The molecule has 418 valence electrons. The summed E-state index contributed by atoms with van der Waals surface area (Å²) in [7, 11) is 3.37. The topological polar surface area (TPSA) is 239 Å². The number of carbonyl (C=O) groups excluding carboxylic acids is 8. The zero-order chi connectivity index (χ0) is 55.0. The number of nitrogens with one attached hydrogen (secondary N) is 8. The minimum Gasteiger partial charge on any atom is -0.347 e. The number of aryl methyl sites for hydroxylation is 2. The number of likely N-dealkylation sites (N-methyl/N-ethyl adjacent to an activating group) is 2. The maximum Gasteiger partial charge on any atom is 0.251 e. The molecule has 2 heterocycles. The van der Waals surface area contributed by atoms with Crippen molar-refractivity contribution in [2.24, 2.45) is 11.8 Å². The largest absolute Gasteiger partial charge is 0.347 e. The molecule has 8 amide bonds. The van der Waals surface area contributed by atoms with Gasteiger partial charge in [0.05, 0.1) is 24.2 Å². The van der Waals surface area contributed by atoms with Gasteiger partial charge >= 0.3 is 0 Å². The van der Waals surface area contributed by atoms with Gasteiger partial charge in [-0.2, -0.15) is 0 Å². The van der Waals surface area contributed by atoms with Crippen LogP contribution in [0.25, 0.3) is 0 Å². The Morgan fingerprint density at radius 3 is 1.22 bits per heavy atom. The molecule has 8 N–H and O–H groups in total. The van der Waals surface area contributed by atoms with Crippen molar-refractivity contribution in [3.63, 3.8) is 0 Å². The van der Waals surface area contributed by atoms with Crippen LogP contribution < -0.4 is 42.5 Å². The number of carbonyl (C=O) groups is 8. The lowest BCUT2D eigenvalue weighted by Gasteiger charge is -2.35. The molecule has 3 aromatic carbocycles. The quantitative estimate of drug-likeness (QED) is 0.0910. The predicted molar refractivity (Wildman–Crippen MR) is 295 cm³/mol. The van der Waals surface area contributed by atoms with E-state index in [4.69, 9.17) is 0 Å². The summed E-state index contributed by atoms with van der Waals surface area (Å²) in [6.45, 7) is 3.58. The van der Waals surface area contributed by atoms with Gasteiger partial charge in [-0.1, -0.05) is 87.1 Å². The fourth-order valence-corrected chi connectivity index (χ4v) is 13.0. The first kappa shape index (κ1) is 56.1. The van der Waals surface area contributed by atoms with Gasteiger partial charge in [0, 0.05) is 36.3 Å². The number of nitrogens with zero attached hydrogens (tertiary/aromatic N) is 2. The van der Waals surface area contributed by atoms with Crippen LogP contribution in [0.3, 0.4) is 0 Å². The van der Waals surface area contributed by atoms with E-state index in [1.54, 1.807) is 62.0 Å². The third-order valence-corrected chi connectivity index (χ3v) is 17.8. The average Bonchev–Trinajstić information content (AvgIpc) is 4.31. The van der Waals surface area contributed by atoms with Crippen LogP contribution in [-0.4, -0.2) is 133 Å². The van der Waals surface area contributed by atoms with Gasteiger partial charge in [-0.15, -0.1) is 0 Å². The predicted octanol–water partition coefficient (Wildman–Crippen LogP) is 4.04. The van der Waals surface area contributed by atoms with Crippen LogP contribution in [0.5, 0.6) is 0 Å². The van der Waals surface area contributed by atoms with Crippen molar-refractivity contribution in [1.29, 1.82) is 0 Å². The second-order valence-corrected chi connectivity index (χ2v) is 22.8. The van der Waals surface area contributed by atoms with E-state index in [9.17, 15) is 38.4 Å². The zero-order valence-electron chi connectivity index (χ0n) is 45.7. The normalized spacial score (nSPS) is 24.7. The van der Waals surface area contributed by atoms with Gasteiger partial charge in [0.1, 0.15) is 24.2 Å². The van der Waals surface area contributed by atoms with Crippen molar-refractivity contribution in [1.82, 2.24) is 52.3 Å². The summed E-state index contributed by atoms with van der Waals surface area (Å²) in [6.07, 6.45) is 12.4. The maximum atomic E-state index is 14.9. The van der Waals surface area contributed by atoms with Gasteiger partial charge in [-0.25, -0.2) is 0 Å². The number of likely N-dealkylation sites (tertiary alicyclic amines) is 2. The van der Waals surface area contributed by atoms with Crippen LogP contribution in [0.1, 0.15) is 159 Å². The van der Waals surface area contributed by atoms with Crippen LogP contribution in [-0.2, 0) is 41.6 Å². The fraction of sp³-hybridized carbons (Fsp3) is 0.567. The Kier molecular flexibility index (Phi) is 18.3. The van der Waals surface area contributed by atoms with Crippen LogP contribution in [0.4, 0.5) is 0 Å². The molecule has 2 aliphatic heterocycles. The van der Waals surface area contributed by atoms with Crippen molar-refractivity contribution in [3.8, 4) is 0 Å². The average molecular weight is 1070 g/mol. The maximum absolute atomic E-state index is 14.9. The van der Waals surface area contributed by atoms with Gasteiger partial charge < -0.3 is 52.3 Å². The molecule has 4 fully saturated rings. The van der Waals surface area contributed by atoms with Crippen molar-refractivity contribution in [3.05, 3.63) is 106 Å². The molecule has 10 atom stereocenters. The van der Waals surface area contributed by atoms with Crippen LogP contribution in [0.2, 0.25) is 0 Å². The second-order valence-electron chi connectivity index (χ2n) is 22.8. The molecule has 0 spiro atoms. The molecular weight excluding hydrogens is 989 g/mol. The minimum absolute atomic E-state index is 0.0573. The molecule has 6 aliphatic rings. The Balaban J connectivity index is 0.888. The van der Waals surface area contributed by atoms with E-state index >= 15 is 0 Å². The Hall–Kier alpha value is -6.66. The van der Waals surface area contributed by atoms with Gasteiger partial charge in [0.25, 0.3) is 11.8 Å². The number of hydrogen-bond donors (Lipinski definition) is 8. The molecule has 3 aromatic rings. The Labute approximate surface area is 458 Å². The van der Waals surface area contributed by atoms with E-state index in [2.05, 4.69) is 54.7 Å². The molecule has 0 unspecified atom stereocenters. The molecule has 0 aromatic heterocycles. The second kappa shape index (κ2) is 25.4. The number of benzene rings is 3. The highest BCUT2D eigenvalue weighted by Gasteiger charge is 2.47. The standard InChI is InChI=1S/C60H80N10O8/c1-35(61-3)53(71)67-51(39-17-7-5-8-18-39)59(77)69-33-43(31-49(69)57(75)65-47-29-27-37-15-11-13-21-45(37)47)63-55(73)41-23-25-42(26-24-41)56(74)64-44-32-50(58(76)66-48-30-28-38-16-12-14-22-46(38)48)70(34-44)60(78)52(40-19-9-6-10-20-40)68-54(72)36(2)62-4/h11-16,21-26,35-36,39-40,43-44,47-52,61-62H,5-10,17-20,27-34H2,1-4H3,(H,63,73)(H,64,74)(H,65,75)(H,66,76)(H,67,71)(H,68,72)/t35-,36-,43-,44-,47-,48-,49-,50-,51-,52-/m0/s1.